The molecule has 1 aliphatic carbocycles. The second kappa shape index (κ2) is 5.44. The van der Waals surface area contributed by atoms with E-state index in [2.05, 4.69) is 0 Å². The van der Waals surface area contributed by atoms with Gasteiger partial charge in [-0.2, -0.15) is 0 Å². The number of amides is 1. The van der Waals surface area contributed by atoms with Crippen molar-refractivity contribution >= 4 is 23.5 Å². The number of benzene rings is 1. The molecule has 0 spiro atoms. The Bertz CT molecular complexity index is 522. The van der Waals surface area contributed by atoms with Gasteiger partial charge in [0, 0.05) is 12.1 Å². The fraction of sp³-hybridized carbons (Fsp3) is 0.467. The van der Waals surface area contributed by atoms with Gasteiger partial charge in [0.1, 0.15) is 5.41 Å². The van der Waals surface area contributed by atoms with Crippen molar-refractivity contribution in [2.45, 2.75) is 32.2 Å². The topological polar surface area (TPSA) is 57.6 Å². The normalized spacial score (nSPS) is 17.9. The fourth-order valence-electron chi connectivity index (χ4n) is 2.53. The third kappa shape index (κ3) is 2.40. The third-order valence-electron chi connectivity index (χ3n) is 4.28. The average molecular weight is 296 g/mol. The summed E-state index contributed by atoms with van der Waals surface area (Å²) in [5.41, 5.74) is -0.278. The third-order valence-corrected chi connectivity index (χ3v) is 4.53. The number of carbonyl (C=O) groups excluding carboxylic acids is 1. The van der Waals surface area contributed by atoms with Crippen molar-refractivity contribution < 1.29 is 14.7 Å². The van der Waals surface area contributed by atoms with Crippen LogP contribution in [0.3, 0.4) is 0 Å². The van der Waals surface area contributed by atoms with Gasteiger partial charge in [-0.25, -0.2) is 0 Å². The zero-order valence-corrected chi connectivity index (χ0v) is 12.4. The molecule has 1 atom stereocenters. The lowest BCUT2D eigenvalue weighted by atomic mass is 9.67. The summed E-state index contributed by atoms with van der Waals surface area (Å²) in [5, 5.41) is 9.96. The van der Waals surface area contributed by atoms with Crippen molar-refractivity contribution in [3.63, 3.8) is 0 Å². The van der Waals surface area contributed by atoms with Gasteiger partial charge in [-0.05, 0) is 37.5 Å². The summed E-state index contributed by atoms with van der Waals surface area (Å²) in [6, 6.07) is 7.05. The predicted molar refractivity (Wildman–Crippen MR) is 76.6 cm³/mol. The summed E-state index contributed by atoms with van der Waals surface area (Å²) in [5.74, 6) is -1.32. The van der Waals surface area contributed by atoms with E-state index in [0.29, 0.717) is 17.9 Å². The van der Waals surface area contributed by atoms with Gasteiger partial charge < -0.3 is 10.0 Å². The first-order valence-electron chi connectivity index (χ1n) is 6.64. The molecule has 1 aromatic carbocycles. The Morgan fingerprint density at radius 3 is 2.25 bits per heavy atom. The summed E-state index contributed by atoms with van der Waals surface area (Å²) >= 11 is 5.85. The summed E-state index contributed by atoms with van der Waals surface area (Å²) in [6.07, 6.45) is 1.65. The number of carbonyl (C=O) groups is 2. The Kier molecular flexibility index (Phi) is 4.04. The lowest BCUT2D eigenvalue weighted by Gasteiger charge is -2.40. The number of carboxylic acids is 1. The monoisotopic (exact) mass is 295 g/mol. The van der Waals surface area contributed by atoms with Crippen LogP contribution in [0.4, 0.5) is 0 Å². The number of rotatable bonds is 4. The molecule has 1 aromatic rings. The van der Waals surface area contributed by atoms with Gasteiger partial charge in [0.05, 0.1) is 6.04 Å². The van der Waals surface area contributed by atoms with Gasteiger partial charge in [0.15, 0.2) is 0 Å². The average Bonchev–Trinajstić information content (AvgIpc) is 2.36. The fourth-order valence-corrected chi connectivity index (χ4v) is 2.65. The summed E-state index contributed by atoms with van der Waals surface area (Å²) in [6.45, 7) is 1.88. The minimum absolute atomic E-state index is 0.184. The molecule has 0 saturated heterocycles. The number of aliphatic carboxylic acids is 1. The number of halogens is 1. The molecule has 1 N–H and O–H groups in total. The molecule has 0 aromatic heterocycles. The Morgan fingerprint density at radius 2 is 1.85 bits per heavy atom. The van der Waals surface area contributed by atoms with Gasteiger partial charge in [-0.1, -0.05) is 30.2 Å². The molecule has 1 amide bonds. The van der Waals surface area contributed by atoms with Crippen LogP contribution in [0, 0.1) is 5.41 Å². The van der Waals surface area contributed by atoms with E-state index in [1.165, 1.54) is 4.90 Å². The molecule has 0 heterocycles. The first-order chi connectivity index (χ1) is 9.38. The maximum atomic E-state index is 12.5. The van der Waals surface area contributed by atoms with Crippen LogP contribution in [0.2, 0.25) is 5.02 Å². The smallest absolute Gasteiger partial charge is 0.319 e. The van der Waals surface area contributed by atoms with Gasteiger partial charge in [-0.15, -0.1) is 0 Å². The minimum atomic E-state index is -1.21. The van der Waals surface area contributed by atoms with E-state index in [9.17, 15) is 14.7 Å². The van der Waals surface area contributed by atoms with Crippen molar-refractivity contribution in [2.75, 3.05) is 7.05 Å². The molecule has 0 radical (unpaired) electrons. The number of carboxylic acid groups (broad SMARTS) is 1. The van der Waals surface area contributed by atoms with Gasteiger partial charge in [0.25, 0.3) is 0 Å². The summed E-state index contributed by atoms with van der Waals surface area (Å²) < 4.78 is 0. The SMILES string of the molecule is CC(c1ccc(Cl)cc1)N(C)C(=O)C1(C(=O)O)CCC1. The molecule has 1 unspecified atom stereocenters. The van der Waals surface area contributed by atoms with E-state index in [-0.39, 0.29) is 11.9 Å². The largest absolute Gasteiger partial charge is 0.480 e. The molecule has 5 heteroatoms. The Morgan fingerprint density at radius 1 is 1.30 bits per heavy atom. The number of hydrogen-bond donors (Lipinski definition) is 1. The Hall–Kier alpha value is -1.55. The maximum absolute atomic E-state index is 12.5. The molecule has 1 aliphatic rings. The van der Waals surface area contributed by atoms with E-state index in [4.69, 9.17) is 11.6 Å². The lowest BCUT2D eigenvalue weighted by molar-refractivity contribution is -0.167. The van der Waals surface area contributed by atoms with Crippen molar-refractivity contribution in [1.29, 1.82) is 0 Å². The molecule has 0 bridgehead atoms. The van der Waals surface area contributed by atoms with Crippen molar-refractivity contribution in [3.05, 3.63) is 34.9 Å². The van der Waals surface area contributed by atoms with E-state index in [1.807, 2.05) is 19.1 Å². The van der Waals surface area contributed by atoms with E-state index >= 15 is 0 Å². The molecule has 0 aliphatic heterocycles. The highest BCUT2D eigenvalue weighted by Gasteiger charge is 2.52. The lowest BCUT2D eigenvalue weighted by Crippen LogP contribution is -2.52. The molecule has 2 rings (SSSR count). The molecular weight excluding hydrogens is 278 g/mol. The van der Waals surface area contributed by atoms with Crippen LogP contribution in [-0.2, 0) is 9.59 Å². The molecule has 20 heavy (non-hydrogen) atoms. The minimum Gasteiger partial charge on any atom is -0.480 e. The maximum Gasteiger partial charge on any atom is 0.319 e. The molecule has 1 saturated carbocycles. The van der Waals surface area contributed by atoms with Crippen LogP contribution in [0.5, 0.6) is 0 Å². The molecule has 1 fully saturated rings. The summed E-state index contributed by atoms with van der Waals surface area (Å²) in [7, 11) is 1.66. The van der Waals surface area contributed by atoms with E-state index < -0.39 is 11.4 Å². The first kappa shape index (κ1) is 14.9. The van der Waals surface area contributed by atoms with Gasteiger partial charge >= 0.3 is 5.97 Å². The zero-order valence-electron chi connectivity index (χ0n) is 11.6. The quantitative estimate of drug-likeness (QED) is 0.868. The zero-order chi connectivity index (χ0) is 14.9. The predicted octanol–water partition coefficient (Wildman–Crippen LogP) is 3.11. The molecule has 108 valence electrons. The van der Waals surface area contributed by atoms with Crippen molar-refractivity contribution in [3.8, 4) is 0 Å². The van der Waals surface area contributed by atoms with Crippen LogP contribution >= 0.6 is 11.6 Å². The van der Waals surface area contributed by atoms with E-state index in [0.717, 1.165) is 12.0 Å². The van der Waals surface area contributed by atoms with Gasteiger partial charge in [0.2, 0.25) is 5.91 Å². The van der Waals surface area contributed by atoms with Crippen LogP contribution in [0.15, 0.2) is 24.3 Å². The Balaban J connectivity index is 2.18. The van der Waals surface area contributed by atoms with Crippen LogP contribution < -0.4 is 0 Å². The summed E-state index contributed by atoms with van der Waals surface area (Å²) in [4.78, 5) is 25.4. The standard InChI is InChI=1S/C15H18ClNO3/c1-10(11-4-6-12(16)7-5-11)17(2)13(18)15(14(19)20)8-3-9-15/h4-7,10H,3,8-9H2,1-2H3,(H,19,20). The highest BCUT2D eigenvalue weighted by atomic mass is 35.5. The number of nitrogens with zero attached hydrogens (tertiary/aromatic N) is 1. The second-order valence-corrected chi connectivity index (χ2v) is 5.82. The number of hydrogen-bond acceptors (Lipinski definition) is 2. The van der Waals surface area contributed by atoms with Crippen LogP contribution in [0.25, 0.3) is 0 Å². The highest BCUT2D eigenvalue weighted by Crippen LogP contribution is 2.43. The van der Waals surface area contributed by atoms with Crippen molar-refractivity contribution in [1.82, 2.24) is 4.90 Å². The highest BCUT2D eigenvalue weighted by molar-refractivity contribution is 6.30. The van der Waals surface area contributed by atoms with Gasteiger partial charge in [-0.3, -0.25) is 9.59 Å². The molecule has 4 nitrogen and oxygen atoms in total. The van der Waals surface area contributed by atoms with Crippen LogP contribution in [-0.4, -0.2) is 28.9 Å². The second-order valence-electron chi connectivity index (χ2n) is 5.38. The Labute approximate surface area is 123 Å². The van der Waals surface area contributed by atoms with Crippen LogP contribution in [0.1, 0.15) is 37.8 Å². The molecular formula is C15H18ClNO3. The first-order valence-corrected chi connectivity index (χ1v) is 7.02. The van der Waals surface area contributed by atoms with Crippen molar-refractivity contribution in [2.24, 2.45) is 5.41 Å². The van der Waals surface area contributed by atoms with E-state index in [1.54, 1.807) is 19.2 Å².